The van der Waals surface area contributed by atoms with Crippen LogP contribution >= 0.6 is 87.5 Å². The third kappa shape index (κ3) is 5.64. The quantitative estimate of drug-likeness (QED) is 0.136. The molecule has 0 heterocycles. The van der Waals surface area contributed by atoms with Gasteiger partial charge in [0.1, 0.15) is 0 Å². The van der Waals surface area contributed by atoms with Gasteiger partial charge in [0.15, 0.2) is 5.01 Å². The summed E-state index contributed by atoms with van der Waals surface area (Å²) in [6, 6.07) is 1.83. The molecule has 21 heavy (non-hydrogen) atoms. The Kier molecular flexibility index (Phi) is 9.18. The zero-order chi connectivity index (χ0) is 16.2. The summed E-state index contributed by atoms with van der Waals surface area (Å²) in [5.74, 6) is 0. The van der Waals surface area contributed by atoms with E-state index >= 15 is 0 Å². The number of benzene rings is 1. The SMILES string of the molecule is CCOP(=O)(OCC)OC(Br)c1cc(Br)c(Br)c(Br)c1Br. The average molecular weight is 639 g/mol. The van der Waals surface area contributed by atoms with Crippen molar-refractivity contribution in [2.45, 2.75) is 18.9 Å². The maximum Gasteiger partial charge on any atom is 0.476 e. The Labute approximate surface area is 165 Å². The zero-order valence-corrected chi connectivity index (χ0v) is 19.9. The molecule has 0 aromatic heterocycles. The summed E-state index contributed by atoms with van der Waals surface area (Å²) in [5.41, 5.74) is 0.733. The molecule has 0 amide bonds. The maximum atomic E-state index is 12.4. The Balaban J connectivity index is 3.09. The molecule has 0 saturated carbocycles. The summed E-state index contributed by atoms with van der Waals surface area (Å²) in [6.45, 7) is 3.90. The molecule has 1 aromatic carbocycles. The molecule has 4 nitrogen and oxygen atoms in total. The van der Waals surface area contributed by atoms with Gasteiger partial charge in [-0.2, -0.15) is 0 Å². The Hall–Kier alpha value is 1.73. The fraction of sp³-hybridized carbons (Fsp3) is 0.455. The number of phosphoric ester groups is 1. The van der Waals surface area contributed by atoms with E-state index < -0.39 is 12.8 Å². The van der Waals surface area contributed by atoms with Gasteiger partial charge in [-0.3, -0.25) is 13.6 Å². The Morgan fingerprint density at radius 1 is 1.05 bits per heavy atom. The topological polar surface area (TPSA) is 44.8 Å². The van der Waals surface area contributed by atoms with Gasteiger partial charge >= 0.3 is 7.82 Å². The second-order valence-electron chi connectivity index (χ2n) is 3.59. The number of halogens is 5. The highest BCUT2D eigenvalue weighted by Crippen LogP contribution is 2.55. The number of hydrogen-bond donors (Lipinski definition) is 0. The highest BCUT2D eigenvalue weighted by molar-refractivity contribution is 9.15. The smallest absolute Gasteiger partial charge is 0.287 e. The van der Waals surface area contributed by atoms with Crippen molar-refractivity contribution < 1.29 is 18.1 Å². The van der Waals surface area contributed by atoms with Crippen LogP contribution in [-0.4, -0.2) is 13.2 Å². The van der Waals surface area contributed by atoms with Crippen molar-refractivity contribution in [2.24, 2.45) is 0 Å². The standard InChI is InChI=1S/C11H12Br5O4P/c1-3-18-21(17,19-4-2)20-11(16)6-5-7(12)9(14)10(15)8(6)13/h5,11H,3-4H2,1-2H3. The van der Waals surface area contributed by atoms with E-state index in [1.54, 1.807) is 13.8 Å². The van der Waals surface area contributed by atoms with Gasteiger partial charge in [0.25, 0.3) is 0 Å². The largest absolute Gasteiger partial charge is 0.476 e. The minimum Gasteiger partial charge on any atom is -0.287 e. The first-order valence-electron chi connectivity index (χ1n) is 5.80. The van der Waals surface area contributed by atoms with Crippen molar-refractivity contribution >= 4 is 87.5 Å². The molecule has 1 aromatic rings. The van der Waals surface area contributed by atoms with Crippen LogP contribution in [0, 0.1) is 0 Å². The van der Waals surface area contributed by atoms with Crippen LogP contribution in [0.5, 0.6) is 0 Å². The molecule has 120 valence electrons. The van der Waals surface area contributed by atoms with Crippen LogP contribution < -0.4 is 0 Å². The third-order valence-corrected chi connectivity index (χ3v) is 9.45. The molecule has 0 aliphatic heterocycles. The average Bonchev–Trinajstić information content (AvgIpc) is 2.40. The van der Waals surface area contributed by atoms with Gasteiger partial charge in [-0.05, 0) is 83.6 Å². The van der Waals surface area contributed by atoms with Crippen LogP contribution in [-0.2, 0) is 18.1 Å². The van der Waals surface area contributed by atoms with Crippen molar-refractivity contribution in [3.63, 3.8) is 0 Å². The molecule has 0 fully saturated rings. The zero-order valence-electron chi connectivity index (χ0n) is 11.0. The van der Waals surface area contributed by atoms with Gasteiger partial charge in [0.2, 0.25) is 0 Å². The summed E-state index contributed by atoms with van der Waals surface area (Å²) in [4.78, 5) is 0. The van der Waals surface area contributed by atoms with Gasteiger partial charge in [0, 0.05) is 23.5 Å². The van der Waals surface area contributed by atoms with E-state index in [0.717, 1.165) is 23.5 Å². The molecule has 0 aliphatic rings. The number of phosphoric acid groups is 1. The second kappa shape index (κ2) is 9.28. The molecule has 1 atom stereocenters. The van der Waals surface area contributed by atoms with Crippen molar-refractivity contribution in [1.82, 2.24) is 0 Å². The maximum absolute atomic E-state index is 12.4. The molecule has 0 spiro atoms. The van der Waals surface area contributed by atoms with Gasteiger partial charge in [0.05, 0.1) is 13.2 Å². The number of alkyl halides is 1. The molecule has 0 radical (unpaired) electrons. The highest BCUT2D eigenvalue weighted by Gasteiger charge is 2.31. The van der Waals surface area contributed by atoms with Crippen LogP contribution in [0.1, 0.15) is 24.4 Å². The molecule has 0 N–H and O–H groups in total. The first-order chi connectivity index (χ1) is 9.75. The minimum atomic E-state index is -3.61. The molecule has 1 rings (SSSR count). The molecule has 0 aliphatic carbocycles. The van der Waals surface area contributed by atoms with Crippen molar-refractivity contribution in [3.05, 3.63) is 29.5 Å². The highest BCUT2D eigenvalue weighted by atomic mass is 79.9. The predicted molar refractivity (Wildman–Crippen MR) is 101 cm³/mol. The normalized spacial score (nSPS) is 13.5. The molecule has 1 unspecified atom stereocenters. The van der Waals surface area contributed by atoms with E-state index in [4.69, 9.17) is 13.6 Å². The third-order valence-electron chi connectivity index (χ3n) is 2.17. The number of hydrogen-bond acceptors (Lipinski definition) is 4. The van der Waals surface area contributed by atoms with Crippen LogP contribution in [0.4, 0.5) is 0 Å². The van der Waals surface area contributed by atoms with Gasteiger partial charge in [-0.1, -0.05) is 15.9 Å². The molecule has 0 saturated heterocycles. The van der Waals surface area contributed by atoms with E-state index in [-0.39, 0.29) is 13.2 Å². The summed E-state index contributed by atoms with van der Waals surface area (Å²) in [6.07, 6.45) is 0. The van der Waals surface area contributed by atoms with Crippen molar-refractivity contribution in [1.29, 1.82) is 0 Å². The minimum absolute atomic E-state index is 0.228. The van der Waals surface area contributed by atoms with Crippen LogP contribution in [0.25, 0.3) is 0 Å². The lowest BCUT2D eigenvalue weighted by atomic mass is 10.2. The Morgan fingerprint density at radius 2 is 1.57 bits per heavy atom. The van der Waals surface area contributed by atoms with Crippen molar-refractivity contribution in [3.8, 4) is 0 Å². The van der Waals surface area contributed by atoms with Crippen LogP contribution in [0.2, 0.25) is 0 Å². The van der Waals surface area contributed by atoms with Crippen molar-refractivity contribution in [2.75, 3.05) is 13.2 Å². The van der Waals surface area contributed by atoms with E-state index in [1.165, 1.54) is 0 Å². The number of rotatable bonds is 7. The predicted octanol–water partition coefficient (Wildman–Crippen LogP) is 7.33. The molecule has 0 bridgehead atoms. The van der Waals surface area contributed by atoms with E-state index in [2.05, 4.69) is 79.6 Å². The monoisotopic (exact) mass is 634 g/mol. The fourth-order valence-electron chi connectivity index (χ4n) is 1.34. The van der Waals surface area contributed by atoms with E-state index in [1.807, 2.05) is 6.07 Å². The Bertz CT molecular complexity index is 544. The Morgan fingerprint density at radius 3 is 2.05 bits per heavy atom. The first-order valence-corrected chi connectivity index (χ1v) is 11.3. The summed E-state index contributed by atoms with van der Waals surface area (Å²) in [7, 11) is -3.61. The fourth-order valence-corrected chi connectivity index (χ4v) is 6.05. The van der Waals surface area contributed by atoms with Gasteiger partial charge < -0.3 is 0 Å². The van der Waals surface area contributed by atoms with E-state index in [9.17, 15) is 4.57 Å². The molecular weight excluding hydrogens is 627 g/mol. The van der Waals surface area contributed by atoms with E-state index in [0.29, 0.717) is 0 Å². The van der Waals surface area contributed by atoms with Crippen LogP contribution in [0.3, 0.4) is 0 Å². The lowest BCUT2D eigenvalue weighted by molar-refractivity contribution is 0.115. The summed E-state index contributed by atoms with van der Waals surface area (Å²) in [5, 5.41) is -0.670. The van der Waals surface area contributed by atoms with Gasteiger partial charge in [-0.15, -0.1) is 0 Å². The first kappa shape index (κ1) is 20.8. The molecular formula is C11H12Br5O4P. The summed E-state index contributed by atoms with van der Waals surface area (Å²) < 4.78 is 31.4. The lowest BCUT2D eigenvalue weighted by Gasteiger charge is -2.21. The lowest BCUT2D eigenvalue weighted by Crippen LogP contribution is -2.03. The summed E-state index contributed by atoms with van der Waals surface area (Å²) >= 11 is 17.2. The second-order valence-corrected chi connectivity index (χ2v) is 9.28. The van der Waals surface area contributed by atoms with Crippen LogP contribution in [0.15, 0.2) is 24.0 Å². The molecule has 10 heteroatoms. The van der Waals surface area contributed by atoms with Gasteiger partial charge in [-0.25, -0.2) is 4.57 Å².